The van der Waals surface area contributed by atoms with Crippen LogP contribution in [-0.2, 0) is 16.1 Å². The van der Waals surface area contributed by atoms with Crippen molar-refractivity contribution in [2.75, 3.05) is 26.8 Å². The SMILES string of the molecule is CN(Cc1cccnc1)C(=O)C1(CN)CCOCC1. The van der Waals surface area contributed by atoms with Crippen LogP contribution in [0, 0.1) is 5.41 Å². The number of carbonyl (C=O) groups is 1. The van der Waals surface area contributed by atoms with E-state index in [-0.39, 0.29) is 5.91 Å². The van der Waals surface area contributed by atoms with Crippen LogP contribution < -0.4 is 5.73 Å². The third-order valence-corrected chi connectivity index (χ3v) is 3.78. The smallest absolute Gasteiger partial charge is 0.230 e. The average molecular weight is 263 g/mol. The molecule has 5 nitrogen and oxygen atoms in total. The van der Waals surface area contributed by atoms with Gasteiger partial charge in [-0.15, -0.1) is 0 Å². The van der Waals surface area contributed by atoms with E-state index in [0.29, 0.717) is 39.1 Å². The topological polar surface area (TPSA) is 68.5 Å². The van der Waals surface area contributed by atoms with E-state index in [1.807, 2.05) is 19.2 Å². The number of hydrogen-bond donors (Lipinski definition) is 1. The Balaban J connectivity index is 2.05. The molecule has 0 atom stereocenters. The maximum atomic E-state index is 12.6. The Morgan fingerprint density at radius 1 is 1.53 bits per heavy atom. The third kappa shape index (κ3) is 3.11. The van der Waals surface area contributed by atoms with E-state index < -0.39 is 5.41 Å². The first kappa shape index (κ1) is 14.0. The van der Waals surface area contributed by atoms with Gasteiger partial charge >= 0.3 is 0 Å². The molecule has 0 aromatic carbocycles. The van der Waals surface area contributed by atoms with Gasteiger partial charge in [0, 0.05) is 45.7 Å². The van der Waals surface area contributed by atoms with Crippen molar-refractivity contribution in [1.29, 1.82) is 0 Å². The number of ether oxygens (including phenoxy) is 1. The first-order chi connectivity index (χ1) is 9.18. The molecule has 0 spiro atoms. The Labute approximate surface area is 113 Å². The van der Waals surface area contributed by atoms with Crippen LogP contribution in [0.5, 0.6) is 0 Å². The van der Waals surface area contributed by atoms with E-state index in [0.717, 1.165) is 5.56 Å². The van der Waals surface area contributed by atoms with E-state index in [9.17, 15) is 4.79 Å². The third-order valence-electron chi connectivity index (χ3n) is 3.78. The molecule has 104 valence electrons. The highest BCUT2D eigenvalue weighted by Crippen LogP contribution is 2.31. The largest absolute Gasteiger partial charge is 0.381 e. The maximum Gasteiger partial charge on any atom is 0.230 e. The van der Waals surface area contributed by atoms with Crippen LogP contribution in [0.3, 0.4) is 0 Å². The lowest BCUT2D eigenvalue weighted by atomic mass is 9.79. The first-order valence-electron chi connectivity index (χ1n) is 6.60. The Hall–Kier alpha value is -1.46. The summed E-state index contributed by atoms with van der Waals surface area (Å²) in [6.45, 7) is 2.18. The minimum Gasteiger partial charge on any atom is -0.381 e. The van der Waals surface area contributed by atoms with E-state index in [2.05, 4.69) is 4.98 Å². The molecule has 2 heterocycles. The molecule has 0 radical (unpaired) electrons. The summed E-state index contributed by atoms with van der Waals surface area (Å²) in [6, 6.07) is 3.84. The molecule has 1 amide bonds. The van der Waals surface area contributed by atoms with Crippen molar-refractivity contribution in [2.45, 2.75) is 19.4 Å². The van der Waals surface area contributed by atoms with Gasteiger partial charge in [-0.2, -0.15) is 0 Å². The van der Waals surface area contributed by atoms with E-state index >= 15 is 0 Å². The molecule has 1 aromatic heterocycles. The van der Waals surface area contributed by atoms with Gasteiger partial charge in [0.1, 0.15) is 0 Å². The molecular weight excluding hydrogens is 242 g/mol. The molecule has 5 heteroatoms. The fourth-order valence-electron chi connectivity index (χ4n) is 2.51. The number of rotatable bonds is 4. The summed E-state index contributed by atoms with van der Waals surface area (Å²) < 4.78 is 5.34. The average Bonchev–Trinajstić information content (AvgIpc) is 2.48. The second kappa shape index (κ2) is 6.12. The minimum atomic E-state index is -0.449. The number of pyridine rings is 1. The van der Waals surface area contributed by atoms with Crippen LogP contribution in [0.25, 0.3) is 0 Å². The van der Waals surface area contributed by atoms with Crippen molar-refractivity contribution in [1.82, 2.24) is 9.88 Å². The highest BCUT2D eigenvalue weighted by Gasteiger charge is 2.40. The van der Waals surface area contributed by atoms with Gasteiger partial charge in [0.25, 0.3) is 0 Å². The zero-order valence-corrected chi connectivity index (χ0v) is 11.3. The summed E-state index contributed by atoms with van der Waals surface area (Å²) in [4.78, 5) is 18.4. The van der Waals surface area contributed by atoms with Gasteiger partial charge < -0.3 is 15.4 Å². The highest BCUT2D eigenvalue weighted by molar-refractivity contribution is 5.83. The molecule has 2 N–H and O–H groups in total. The van der Waals surface area contributed by atoms with Gasteiger partial charge in [-0.05, 0) is 24.5 Å². The van der Waals surface area contributed by atoms with Gasteiger partial charge in [0.2, 0.25) is 5.91 Å². The van der Waals surface area contributed by atoms with Crippen molar-refractivity contribution in [3.63, 3.8) is 0 Å². The predicted octanol–water partition coefficient (Wildman–Crippen LogP) is 0.795. The van der Waals surface area contributed by atoms with Gasteiger partial charge in [0.15, 0.2) is 0 Å². The highest BCUT2D eigenvalue weighted by atomic mass is 16.5. The van der Waals surface area contributed by atoms with Crippen LogP contribution in [0.15, 0.2) is 24.5 Å². The lowest BCUT2D eigenvalue weighted by molar-refractivity contribution is -0.146. The molecule has 1 aliphatic rings. The molecule has 1 fully saturated rings. The quantitative estimate of drug-likeness (QED) is 0.872. The van der Waals surface area contributed by atoms with Gasteiger partial charge in [-0.25, -0.2) is 0 Å². The molecule has 0 saturated carbocycles. The van der Waals surface area contributed by atoms with E-state index in [1.165, 1.54) is 0 Å². The Morgan fingerprint density at radius 2 is 2.26 bits per heavy atom. The zero-order chi connectivity index (χ0) is 13.7. The molecular formula is C14H21N3O2. The monoisotopic (exact) mass is 263 g/mol. The molecule has 1 saturated heterocycles. The van der Waals surface area contributed by atoms with Crippen molar-refractivity contribution < 1.29 is 9.53 Å². The number of carbonyl (C=O) groups excluding carboxylic acids is 1. The summed E-state index contributed by atoms with van der Waals surface area (Å²) in [5.74, 6) is 0.113. The number of nitrogens with two attached hydrogens (primary N) is 1. The molecule has 0 unspecified atom stereocenters. The lowest BCUT2D eigenvalue weighted by Gasteiger charge is -2.37. The standard InChI is InChI=1S/C14H21N3O2/c1-17(10-12-3-2-6-16-9-12)13(18)14(11-15)4-7-19-8-5-14/h2-3,6,9H,4-5,7-8,10-11,15H2,1H3. The van der Waals surface area contributed by atoms with Crippen molar-refractivity contribution in [3.05, 3.63) is 30.1 Å². The summed E-state index contributed by atoms with van der Waals surface area (Å²) in [5.41, 5.74) is 6.43. The van der Waals surface area contributed by atoms with E-state index in [4.69, 9.17) is 10.5 Å². The van der Waals surface area contributed by atoms with Crippen LogP contribution in [-0.4, -0.2) is 42.6 Å². The fraction of sp³-hybridized carbons (Fsp3) is 0.571. The number of aromatic nitrogens is 1. The molecule has 1 aromatic rings. The normalized spacial score (nSPS) is 18.0. The molecule has 19 heavy (non-hydrogen) atoms. The molecule has 0 bridgehead atoms. The minimum absolute atomic E-state index is 0.113. The van der Waals surface area contributed by atoms with Crippen LogP contribution in [0.4, 0.5) is 0 Å². The van der Waals surface area contributed by atoms with Gasteiger partial charge in [-0.3, -0.25) is 9.78 Å². The Kier molecular flexibility index (Phi) is 4.50. The number of hydrogen-bond acceptors (Lipinski definition) is 4. The van der Waals surface area contributed by atoms with Crippen LogP contribution in [0.2, 0.25) is 0 Å². The Bertz CT molecular complexity index is 416. The maximum absolute atomic E-state index is 12.6. The molecule has 1 aliphatic heterocycles. The second-order valence-electron chi connectivity index (χ2n) is 5.12. The number of nitrogens with zero attached hydrogens (tertiary/aromatic N) is 2. The zero-order valence-electron chi connectivity index (χ0n) is 11.3. The summed E-state index contributed by atoms with van der Waals surface area (Å²) in [7, 11) is 1.82. The van der Waals surface area contributed by atoms with Crippen molar-refractivity contribution >= 4 is 5.91 Å². The number of amides is 1. The molecule has 0 aliphatic carbocycles. The van der Waals surface area contributed by atoms with Crippen LogP contribution >= 0.6 is 0 Å². The van der Waals surface area contributed by atoms with Crippen molar-refractivity contribution in [3.8, 4) is 0 Å². The van der Waals surface area contributed by atoms with E-state index in [1.54, 1.807) is 17.3 Å². The Morgan fingerprint density at radius 3 is 2.84 bits per heavy atom. The van der Waals surface area contributed by atoms with Gasteiger partial charge in [-0.1, -0.05) is 6.07 Å². The lowest BCUT2D eigenvalue weighted by Crippen LogP contribution is -2.49. The molecule has 2 rings (SSSR count). The predicted molar refractivity (Wildman–Crippen MR) is 72.3 cm³/mol. The first-order valence-corrected chi connectivity index (χ1v) is 6.60. The summed E-state index contributed by atoms with van der Waals surface area (Å²) in [5, 5.41) is 0. The fourth-order valence-corrected chi connectivity index (χ4v) is 2.51. The van der Waals surface area contributed by atoms with Crippen molar-refractivity contribution in [2.24, 2.45) is 11.1 Å². The second-order valence-corrected chi connectivity index (χ2v) is 5.12. The summed E-state index contributed by atoms with van der Waals surface area (Å²) >= 11 is 0. The van der Waals surface area contributed by atoms with Crippen LogP contribution in [0.1, 0.15) is 18.4 Å². The van der Waals surface area contributed by atoms with Gasteiger partial charge in [0.05, 0.1) is 5.41 Å². The summed E-state index contributed by atoms with van der Waals surface area (Å²) in [6.07, 6.45) is 4.92.